The molecule has 2 amide bonds. The molecule has 35 heavy (non-hydrogen) atoms. The molecule has 0 spiro atoms. The first-order chi connectivity index (χ1) is 17.1. The topological polar surface area (TPSA) is 133 Å². The van der Waals surface area contributed by atoms with Gasteiger partial charge in [-0.2, -0.15) is 0 Å². The van der Waals surface area contributed by atoms with E-state index in [1.807, 2.05) is 53.4 Å². The number of hydrogen-bond acceptors (Lipinski definition) is 9. The van der Waals surface area contributed by atoms with Gasteiger partial charge in [0.05, 0.1) is 13.2 Å². The summed E-state index contributed by atoms with van der Waals surface area (Å²) in [6, 6.07) is 16.3. The highest BCUT2D eigenvalue weighted by molar-refractivity contribution is 5.81. The predicted octanol–water partition coefficient (Wildman–Crippen LogP) is 1.61. The number of nitrogens with one attached hydrogen (secondary N) is 2. The molecule has 2 N–H and O–H groups in total. The molecule has 184 valence electrons. The quantitative estimate of drug-likeness (QED) is 0.460. The van der Waals surface area contributed by atoms with E-state index in [9.17, 15) is 9.59 Å². The summed E-state index contributed by atoms with van der Waals surface area (Å²) in [5.74, 6) is 0.564. The average Bonchev–Trinajstić information content (AvgIpc) is 3.41. The summed E-state index contributed by atoms with van der Waals surface area (Å²) in [4.78, 5) is 27.5. The van der Waals surface area contributed by atoms with Gasteiger partial charge in [0.25, 0.3) is 11.9 Å². The average molecular weight is 482 g/mol. The lowest BCUT2D eigenvalue weighted by Gasteiger charge is -2.24. The van der Waals surface area contributed by atoms with Crippen molar-refractivity contribution in [2.24, 2.45) is 0 Å². The Hall–Kier alpha value is -4.19. The predicted molar refractivity (Wildman–Crippen MR) is 124 cm³/mol. The summed E-state index contributed by atoms with van der Waals surface area (Å²) in [7, 11) is 0. The zero-order chi connectivity index (χ0) is 24.5. The first-order valence-corrected chi connectivity index (χ1v) is 11.2. The maximum Gasteiger partial charge on any atom is 0.426 e. The number of rotatable bonds is 8. The van der Waals surface area contributed by atoms with E-state index in [1.165, 1.54) is 4.80 Å². The van der Waals surface area contributed by atoms with Crippen LogP contribution < -0.4 is 20.5 Å². The molecule has 1 saturated heterocycles. The lowest BCUT2D eigenvalue weighted by molar-refractivity contribution is -0.125. The Bertz CT molecular complexity index is 1120. The van der Waals surface area contributed by atoms with E-state index in [4.69, 9.17) is 14.2 Å². The number of hydrazine groups is 1. The molecule has 0 aliphatic carbocycles. The Morgan fingerprint density at radius 3 is 2.60 bits per heavy atom. The first-order valence-electron chi connectivity index (χ1n) is 11.2. The van der Waals surface area contributed by atoms with Crippen LogP contribution in [-0.4, -0.2) is 58.5 Å². The third kappa shape index (κ3) is 6.90. The van der Waals surface area contributed by atoms with Gasteiger partial charge in [0.1, 0.15) is 19.0 Å². The second kappa shape index (κ2) is 11.8. The zero-order valence-electron chi connectivity index (χ0n) is 19.3. The molecule has 0 saturated carbocycles. The molecule has 1 aromatic heterocycles. The minimum absolute atomic E-state index is 0.00728. The molecular weight excluding hydrogens is 454 g/mol. The number of carbonyl (C=O) groups is 2. The van der Waals surface area contributed by atoms with Crippen molar-refractivity contribution < 1.29 is 23.8 Å². The van der Waals surface area contributed by atoms with Crippen LogP contribution in [0.3, 0.4) is 0 Å². The second-order valence-corrected chi connectivity index (χ2v) is 7.80. The van der Waals surface area contributed by atoms with Crippen molar-refractivity contribution in [1.82, 2.24) is 31.1 Å². The Morgan fingerprint density at radius 1 is 1.03 bits per heavy atom. The van der Waals surface area contributed by atoms with Crippen molar-refractivity contribution in [1.29, 1.82) is 0 Å². The lowest BCUT2D eigenvalue weighted by Crippen LogP contribution is -2.45. The van der Waals surface area contributed by atoms with Gasteiger partial charge >= 0.3 is 6.09 Å². The van der Waals surface area contributed by atoms with Gasteiger partial charge in [-0.25, -0.2) is 10.2 Å². The van der Waals surface area contributed by atoms with E-state index < -0.39 is 18.0 Å². The van der Waals surface area contributed by atoms with Crippen molar-refractivity contribution in [2.75, 3.05) is 31.2 Å². The first kappa shape index (κ1) is 24.0. The maximum absolute atomic E-state index is 12.4. The van der Waals surface area contributed by atoms with Gasteiger partial charge < -0.3 is 19.1 Å². The summed E-state index contributed by atoms with van der Waals surface area (Å²) >= 11 is 0. The SMILES string of the molecule is CC(C(=O)NNC(=O)OCc1cccc(OCc2ccccc2)c1)n1nnc(N2CCOCC2)n1. The third-order valence-electron chi connectivity index (χ3n) is 5.24. The Morgan fingerprint density at radius 2 is 1.80 bits per heavy atom. The Kier molecular flexibility index (Phi) is 8.07. The molecule has 4 rings (SSSR count). The molecule has 1 aliphatic rings. The Labute approximate surface area is 202 Å². The van der Waals surface area contributed by atoms with E-state index in [0.717, 1.165) is 11.1 Å². The number of morpholine rings is 1. The van der Waals surface area contributed by atoms with Crippen molar-refractivity contribution >= 4 is 17.9 Å². The number of ether oxygens (including phenoxy) is 3. The van der Waals surface area contributed by atoms with Crippen LogP contribution in [0.15, 0.2) is 54.6 Å². The van der Waals surface area contributed by atoms with Crippen LogP contribution in [0.4, 0.5) is 10.7 Å². The number of carbonyl (C=O) groups excluding carboxylic acids is 2. The third-order valence-corrected chi connectivity index (χ3v) is 5.24. The highest BCUT2D eigenvalue weighted by Gasteiger charge is 2.22. The van der Waals surface area contributed by atoms with Gasteiger partial charge in [-0.3, -0.25) is 10.2 Å². The summed E-state index contributed by atoms with van der Waals surface area (Å²) < 4.78 is 16.3. The molecule has 3 aromatic rings. The number of anilines is 1. The lowest BCUT2D eigenvalue weighted by atomic mass is 10.2. The summed E-state index contributed by atoms with van der Waals surface area (Å²) in [6.45, 7) is 4.51. The van der Waals surface area contributed by atoms with Gasteiger partial charge in [0.2, 0.25) is 0 Å². The second-order valence-electron chi connectivity index (χ2n) is 7.80. The van der Waals surface area contributed by atoms with E-state index in [-0.39, 0.29) is 6.61 Å². The molecule has 2 aromatic carbocycles. The van der Waals surface area contributed by atoms with E-state index in [1.54, 1.807) is 13.0 Å². The van der Waals surface area contributed by atoms with E-state index >= 15 is 0 Å². The molecular formula is C23H27N7O5. The largest absolute Gasteiger partial charge is 0.489 e. The minimum Gasteiger partial charge on any atom is -0.489 e. The van der Waals surface area contributed by atoms with Crippen LogP contribution in [0.2, 0.25) is 0 Å². The van der Waals surface area contributed by atoms with Crippen LogP contribution in [0, 0.1) is 0 Å². The number of hydrogen-bond donors (Lipinski definition) is 2. The molecule has 12 heteroatoms. The fraction of sp³-hybridized carbons (Fsp3) is 0.348. The van der Waals surface area contributed by atoms with Gasteiger partial charge in [0.15, 0.2) is 6.04 Å². The number of nitrogens with zero attached hydrogens (tertiary/aromatic N) is 5. The number of aromatic nitrogens is 4. The summed E-state index contributed by atoms with van der Waals surface area (Å²) in [5, 5.41) is 12.2. The zero-order valence-corrected chi connectivity index (χ0v) is 19.3. The van der Waals surface area contributed by atoms with Gasteiger partial charge in [0, 0.05) is 13.1 Å². The highest BCUT2D eigenvalue weighted by Crippen LogP contribution is 2.16. The van der Waals surface area contributed by atoms with Gasteiger partial charge in [-0.1, -0.05) is 47.6 Å². The number of benzene rings is 2. The van der Waals surface area contributed by atoms with Crippen molar-refractivity contribution in [2.45, 2.75) is 26.2 Å². The molecule has 2 heterocycles. The van der Waals surface area contributed by atoms with Crippen LogP contribution >= 0.6 is 0 Å². The van der Waals surface area contributed by atoms with Crippen molar-refractivity contribution in [3.8, 4) is 5.75 Å². The van der Waals surface area contributed by atoms with Crippen LogP contribution in [0.1, 0.15) is 24.1 Å². The minimum atomic E-state index is -0.804. The molecule has 1 unspecified atom stereocenters. The number of tetrazole rings is 1. The van der Waals surface area contributed by atoms with Crippen LogP contribution in [0.25, 0.3) is 0 Å². The van der Waals surface area contributed by atoms with Crippen LogP contribution in [-0.2, 0) is 27.5 Å². The smallest absolute Gasteiger partial charge is 0.426 e. The van der Waals surface area contributed by atoms with E-state index in [2.05, 4.69) is 26.3 Å². The molecule has 12 nitrogen and oxygen atoms in total. The fourth-order valence-electron chi connectivity index (χ4n) is 3.24. The standard InChI is InChI=1S/C23H27N7O5/c1-17(30-27-22(25-28-30)29-10-12-33-13-11-29)21(31)24-26-23(32)35-16-19-8-5-9-20(14-19)34-15-18-6-3-2-4-7-18/h2-9,14,17H,10-13,15-16H2,1H3,(H,24,31)(H,26,32). The fourth-order valence-corrected chi connectivity index (χ4v) is 3.24. The number of amides is 2. The maximum atomic E-state index is 12.4. The monoisotopic (exact) mass is 481 g/mol. The molecule has 0 bridgehead atoms. The van der Waals surface area contributed by atoms with Crippen molar-refractivity contribution in [3.63, 3.8) is 0 Å². The van der Waals surface area contributed by atoms with E-state index in [0.29, 0.717) is 44.6 Å². The molecule has 1 fully saturated rings. The van der Waals surface area contributed by atoms with Gasteiger partial charge in [-0.15, -0.1) is 9.90 Å². The molecule has 1 aliphatic heterocycles. The normalized spacial score (nSPS) is 14.1. The van der Waals surface area contributed by atoms with Gasteiger partial charge in [-0.05, 0) is 35.4 Å². The summed E-state index contributed by atoms with van der Waals surface area (Å²) in [5.41, 5.74) is 6.33. The van der Waals surface area contributed by atoms with Crippen LogP contribution in [0.5, 0.6) is 5.75 Å². The highest BCUT2D eigenvalue weighted by atomic mass is 16.6. The Balaban J connectivity index is 1.20. The molecule has 1 atom stereocenters. The molecule has 0 radical (unpaired) electrons. The van der Waals surface area contributed by atoms with Crippen molar-refractivity contribution in [3.05, 3.63) is 65.7 Å². The summed E-state index contributed by atoms with van der Waals surface area (Å²) in [6.07, 6.45) is -0.804.